The van der Waals surface area contributed by atoms with Gasteiger partial charge in [0.1, 0.15) is 11.8 Å². The van der Waals surface area contributed by atoms with Crippen LogP contribution in [0, 0.1) is 0 Å². The summed E-state index contributed by atoms with van der Waals surface area (Å²) >= 11 is 4.89. The Hall–Kier alpha value is -1.50. The van der Waals surface area contributed by atoms with E-state index in [4.69, 9.17) is 17.3 Å². The summed E-state index contributed by atoms with van der Waals surface area (Å²) in [5.74, 6) is -1.36. The lowest BCUT2D eigenvalue weighted by Crippen LogP contribution is -2.45. The number of nitrogens with zero attached hydrogens (tertiary/aromatic N) is 1. The largest absolute Gasteiger partial charge is 0.480 e. The van der Waals surface area contributed by atoms with Crippen molar-refractivity contribution < 1.29 is 19.5 Å². The predicted molar refractivity (Wildman–Crippen MR) is 68.3 cm³/mol. The van der Waals surface area contributed by atoms with Crippen LogP contribution in [0.4, 0.5) is 0 Å². The Bertz CT molecular complexity index is 383. The van der Waals surface area contributed by atoms with Crippen molar-refractivity contribution in [2.75, 3.05) is 13.1 Å². The number of carbonyl (C=O) groups is 3. The van der Waals surface area contributed by atoms with Gasteiger partial charge in [0.15, 0.2) is 0 Å². The molecule has 0 unspecified atom stereocenters. The van der Waals surface area contributed by atoms with E-state index in [-0.39, 0.29) is 24.7 Å². The number of carboxylic acids is 1. The van der Waals surface area contributed by atoms with E-state index in [1.54, 1.807) is 0 Å². The zero-order valence-electron chi connectivity index (χ0n) is 10.1. The van der Waals surface area contributed by atoms with Gasteiger partial charge in [0.05, 0.1) is 18.0 Å². The van der Waals surface area contributed by atoms with Gasteiger partial charge < -0.3 is 15.3 Å². The number of aliphatic carboxylic acids is 1. The van der Waals surface area contributed by atoms with Crippen LogP contribution in [0.25, 0.3) is 0 Å². The van der Waals surface area contributed by atoms with Gasteiger partial charge in [-0.25, -0.2) is 4.79 Å². The summed E-state index contributed by atoms with van der Waals surface area (Å²) in [6.45, 7) is 1.81. The number of amides is 1. The molecule has 0 saturated carbocycles. The number of ketones is 1. The molecule has 2 N–H and O–H groups in total. The third-order valence-electron chi connectivity index (χ3n) is 2.70. The Morgan fingerprint density at radius 3 is 2.67 bits per heavy atom. The van der Waals surface area contributed by atoms with Gasteiger partial charge in [0.25, 0.3) is 0 Å². The van der Waals surface area contributed by atoms with Crippen LogP contribution in [-0.2, 0) is 14.4 Å². The van der Waals surface area contributed by atoms with Gasteiger partial charge in [-0.05, 0) is 19.8 Å². The summed E-state index contributed by atoms with van der Waals surface area (Å²) in [5, 5.41) is 11.6. The number of rotatable bonds is 5. The molecule has 18 heavy (non-hydrogen) atoms. The second kappa shape index (κ2) is 6.44. The van der Waals surface area contributed by atoms with Crippen LogP contribution < -0.4 is 5.32 Å². The van der Waals surface area contributed by atoms with Gasteiger partial charge in [-0.3, -0.25) is 9.59 Å². The fourth-order valence-corrected chi connectivity index (χ4v) is 2.16. The highest BCUT2D eigenvalue weighted by Crippen LogP contribution is 2.17. The van der Waals surface area contributed by atoms with Gasteiger partial charge >= 0.3 is 5.97 Å². The number of hydrogen-bond acceptors (Lipinski definition) is 4. The van der Waals surface area contributed by atoms with Crippen LogP contribution in [-0.4, -0.2) is 51.8 Å². The average Bonchev–Trinajstić information content (AvgIpc) is 2.73. The van der Waals surface area contributed by atoms with Crippen molar-refractivity contribution in [1.29, 1.82) is 0 Å². The second-order valence-electron chi connectivity index (χ2n) is 4.24. The molecule has 1 fully saturated rings. The highest BCUT2D eigenvalue weighted by Gasteiger charge is 2.33. The smallest absolute Gasteiger partial charge is 0.326 e. The molecule has 7 heteroatoms. The average molecular weight is 272 g/mol. The van der Waals surface area contributed by atoms with Gasteiger partial charge in [0.2, 0.25) is 5.91 Å². The SMILES string of the molecule is CC(=O)CC(=S)NCC(=O)N1CCC[C@H]1C(=O)O. The second-order valence-corrected chi connectivity index (χ2v) is 4.73. The van der Waals surface area contributed by atoms with E-state index in [9.17, 15) is 14.4 Å². The molecular formula is C11H16N2O4S. The summed E-state index contributed by atoms with van der Waals surface area (Å²) in [7, 11) is 0. The Morgan fingerprint density at radius 2 is 2.11 bits per heavy atom. The Balaban J connectivity index is 2.43. The molecule has 1 rings (SSSR count). The summed E-state index contributed by atoms with van der Waals surface area (Å²) in [6, 6.07) is -0.735. The Kier molecular flexibility index (Phi) is 5.21. The monoisotopic (exact) mass is 272 g/mol. The first kappa shape index (κ1) is 14.6. The maximum Gasteiger partial charge on any atom is 0.326 e. The molecule has 0 bridgehead atoms. The molecule has 100 valence electrons. The zero-order chi connectivity index (χ0) is 13.7. The molecule has 1 amide bonds. The standard InChI is InChI=1S/C11H16N2O4S/c1-7(14)5-9(18)12-6-10(15)13-4-2-3-8(13)11(16)17/h8H,2-6H2,1H3,(H,12,18)(H,16,17)/t8-/m0/s1. The Morgan fingerprint density at radius 1 is 1.44 bits per heavy atom. The minimum atomic E-state index is -0.979. The number of carboxylic acid groups (broad SMARTS) is 1. The number of carbonyl (C=O) groups excluding carboxylic acids is 2. The maximum atomic E-state index is 11.8. The molecule has 0 spiro atoms. The van der Waals surface area contributed by atoms with Gasteiger partial charge in [0, 0.05) is 6.54 Å². The maximum absolute atomic E-state index is 11.8. The summed E-state index contributed by atoms with van der Waals surface area (Å²) in [6.07, 6.45) is 1.28. The van der Waals surface area contributed by atoms with E-state index in [0.717, 1.165) is 0 Å². The predicted octanol–water partition coefficient (Wildman–Crippen LogP) is -0.0419. The number of hydrogen-bond donors (Lipinski definition) is 2. The summed E-state index contributed by atoms with van der Waals surface area (Å²) < 4.78 is 0. The molecule has 0 aromatic heterocycles. The van der Waals surface area contributed by atoms with Crippen LogP contribution in [0.3, 0.4) is 0 Å². The lowest BCUT2D eigenvalue weighted by Gasteiger charge is -2.21. The molecule has 1 aliphatic heterocycles. The van der Waals surface area contributed by atoms with Crippen LogP contribution in [0.15, 0.2) is 0 Å². The van der Waals surface area contributed by atoms with E-state index in [1.807, 2.05) is 0 Å². The van der Waals surface area contributed by atoms with E-state index in [2.05, 4.69) is 5.32 Å². The zero-order valence-corrected chi connectivity index (χ0v) is 11.0. The van der Waals surface area contributed by atoms with Crippen LogP contribution >= 0.6 is 12.2 Å². The third-order valence-corrected chi connectivity index (χ3v) is 2.99. The summed E-state index contributed by atoms with van der Waals surface area (Å²) in [5.41, 5.74) is 0. The fraction of sp³-hybridized carbons (Fsp3) is 0.636. The van der Waals surface area contributed by atoms with Crippen molar-refractivity contribution in [3.63, 3.8) is 0 Å². The van der Waals surface area contributed by atoms with Crippen LogP contribution in [0.5, 0.6) is 0 Å². The van der Waals surface area contributed by atoms with Gasteiger partial charge in [-0.1, -0.05) is 12.2 Å². The van der Waals surface area contributed by atoms with Gasteiger partial charge in [-0.15, -0.1) is 0 Å². The molecule has 6 nitrogen and oxygen atoms in total. The normalized spacial score (nSPS) is 18.5. The van der Waals surface area contributed by atoms with Crippen LogP contribution in [0.1, 0.15) is 26.2 Å². The van der Waals surface area contributed by atoms with E-state index in [1.165, 1.54) is 11.8 Å². The molecule has 0 radical (unpaired) electrons. The van der Waals surface area contributed by atoms with E-state index < -0.39 is 12.0 Å². The fourth-order valence-electron chi connectivity index (χ4n) is 1.89. The molecule has 1 aliphatic rings. The van der Waals surface area contributed by atoms with E-state index in [0.29, 0.717) is 24.4 Å². The van der Waals surface area contributed by atoms with Gasteiger partial charge in [-0.2, -0.15) is 0 Å². The number of Topliss-reactive ketones (excluding diaryl/α,β-unsaturated/α-hetero) is 1. The molecule has 1 heterocycles. The van der Waals surface area contributed by atoms with Crippen molar-refractivity contribution in [3.8, 4) is 0 Å². The highest BCUT2D eigenvalue weighted by molar-refractivity contribution is 7.80. The number of thiocarbonyl (C=S) groups is 1. The lowest BCUT2D eigenvalue weighted by atomic mass is 10.2. The molecule has 1 saturated heterocycles. The Labute approximate surface area is 110 Å². The number of nitrogens with one attached hydrogen (secondary N) is 1. The molecular weight excluding hydrogens is 256 g/mol. The van der Waals surface area contributed by atoms with Crippen molar-refractivity contribution in [2.24, 2.45) is 0 Å². The third kappa shape index (κ3) is 4.06. The van der Waals surface area contributed by atoms with E-state index >= 15 is 0 Å². The molecule has 0 aromatic carbocycles. The molecule has 0 aromatic rings. The minimum Gasteiger partial charge on any atom is -0.480 e. The highest BCUT2D eigenvalue weighted by atomic mass is 32.1. The van der Waals surface area contributed by atoms with Crippen molar-refractivity contribution in [1.82, 2.24) is 10.2 Å². The topological polar surface area (TPSA) is 86.7 Å². The first-order valence-corrected chi connectivity index (χ1v) is 6.11. The first-order valence-electron chi connectivity index (χ1n) is 5.70. The number of likely N-dealkylation sites (tertiary alicyclic amines) is 1. The molecule has 1 atom stereocenters. The first-order chi connectivity index (χ1) is 8.41. The van der Waals surface area contributed by atoms with Crippen molar-refractivity contribution in [2.45, 2.75) is 32.2 Å². The van der Waals surface area contributed by atoms with Crippen molar-refractivity contribution >= 4 is 34.9 Å². The van der Waals surface area contributed by atoms with Crippen LogP contribution in [0.2, 0.25) is 0 Å². The quantitative estimate of drug-likeness (QED) is 0.683. The van der Waals surface area contributed by atoms with Crippen molar-refractivity contribution in [3.05, 3.63) is 0 Å². The minimum absolute atomic E-state index is 0.0596. The molecule has 0 aliphatic carbocycles. The lowest BCUT2D eigenvalue weighted by molar-refractivity contribution is -0.147. The summed E-state index contributed by atoms with van der Waals surface area (Å²) in [4.78, 5) is 35.2.